The number of likely N-dealkylation sites (tertiary alicyclic amines) is 1. The van der Waals surface area contributed by atoms with Gasteiger partial charge in [-0.15, -0.1) is 0 Å². The second-order valence-electron chi connectivity index (χ2n) is 6.37. The maximum Gasteiger partial charge on any atom is 0.490 e. The molecular weight excluding hydrogens is 381 g/mol. The van der Waals surface area contributed by atoms with Gasteiger partial charge in [-0.2, -0.15) is 13.2 Å². The zero-order valence-electron chi connectivity index (χ0n) is 14.3. The molecule has 1 fully saturated rings. The molecule has 1 aliphatic heterocycles. The Balaban J connectivity index is 1.99. The Bertz CT molecular complexity index is 979. The van der Waals surface area contributed by atoms with E-state index in [4.69, 9.17) is 11.5 Å². The van der Waals surface area contributed by atoms with E-state index in [2.05, 4.69) is 9.72 Å². The first-order valence-corrected chi connectivity index (χ1v) is 8.08. The summed E-state index contributed by atoms with van der Waals surface area (Å²) >= 11 is 0. The number of rotatable bonds is 3. The van der Waals surface area contributed by atoms with Crippen molar-refractivity contribution in [2.75, 3.05) is 12.3 Å². The minimum atomic E-state index is -5.30. The second kappa shape index (κ2) is 6.66. The van der Waals surface area contributed by atoms with Crippen molar-refractivity contribution in [3.8, 4) is 0 Å². The van der Waals surface area contributed by atoms with Gasteiger partial charge in [0.15, 0.2) is 5.60 Å². The third-order valence-corrected chi connectivity index (χ3v) is 4.43. The number of alkyl halides is 3. The lowest BCUT2D eigenvalue weighted by molar-refractivity contribution is -0.213. The van der Waals surface area contributed by atoms with Crippen LogP contribution in [-0.4, -0.2) is 46.1 Å². The number of anilines is 1. The van der Waals surface area contributed by atoms with E-state index in [1.165, 1.54) is 6.07 Å². The number of ether oxygens (including phenoxy) is 1. The van der Waals surface area contributed by atoms with E-state index in [1.807, 2.05) is 0 Å². The van der Waals surface area contributed by atoms with Crippen molar-refractivity contribution in [3.63, 3.8) is 0 Å². The SMILES string of the molecule is NC(=O)N1CC[C@](Cc2ccc3ccc(N)nc3c2)(OC(=O)C(F)(F)F)C1=O. The number of nitrogen functional groups attached to an aromatic ring is 1. The quantitative estimate of drug-likeness (QED) is 0.757. The van der Waals surface area contributed by atoms with Gasteiger partial charge < -0.3 is 16.2 Å². The van der Waals surface area contributed by atoms with Crippen molar-refractivity contribution in [2.24, 2.45) is 5.73 Å². The summed E-state index contributed by atoms with van der Waals surface area (Å²) in [4.78, 5) is 40.1. The summed E-state index contributed by atoms with van der Waals surface area (Å²) in [5, 5.41) is 0.718. The van der Waals surface area contributed by atoms with Crippen LogP contribution in [0.25, 0.3) is 10.9 Å². The summed E-state index contributed by atoms with van der Waals surface area (Å²) in [6.07, 6.45) is -6.00. The van der Waals surface area contributed by atoms with Gasteiger partial charge in [0.25, 0.3) is 5.91 Å². The third kappa shape index (κ3) is 3.55. The fourth-order valence-corrected chi connectivity index (χ4v) is 3.11. The molecule has 28 heavy (non-hydrogen) atoms. The molecule has 11 heteroatoms. The highest BCUT2D eigenvalue weighted by Crippen LogP contribution is 2.34. The number of imide groups is 1. The van der Waals surface area contributed by atoms with Crippen LogP contribution in [0, 0.1) is 0 Å². The van der Waals surface area contributed by atoms with Crippen molar-refractivity contribution < 1.29 is 32.3 Å². The lowest BCUT2D eigenvalue weighted by Crippen LogP contribution is -2.50. The highest BCUT2D eigenvalue weighted by molar-refractivity contribution is 6.01. The largest absolute Gasteiger partial charge is 0.490 e. The number of nitrogens with zero attached hydrogens (tertiary/aromatic N) is 2. The lowest BCUT2D eigenvalue weighted by Gasteiger charge is -2.28. The maximum atomic E-state index is 12.7. The van der Waals surface area contributed by atoms with Gasteiger partial charge in [-0.3, -0.25) is 9.69 Å². The van der Waals surface area contributed by atoms with Gasteiger partial charge in [-0.05, 0) is 23.8 Å². The molecule has 3 rings (SSSR count). The fourth-order valence-electron chi connectivity index (χ4n) is 3.11. The Morgan fingerprint density at radius 2 is 1.93 bits per heavy atom. The van der Waals surface area contributed by atoms with E-state index in [0.29, 0.717) is 16.0 Å². The topological polar surface area (TPSA) is 129 Å². The molecule has 0 radical (unpaired) electrons. The highest BCUT2D eigenvalue weighted by atomic mass is 19.4. The Morgan fingerprint density at radius 1 is 1.25 bits per heavy atom. The van der Waals surface area contributed by atoms with Gasteiger partial charge in [0.05, 0.1) is 5.52 Å². The van der Waals surface area contributed by atoms with E-state index in [9.17, 15) is 27.6 Å². The first-order valence-electron chi connectivity index (χ1n) is 8.08. The number of hydrogen-bond donors (Lipinski definition) is 2. The first-order chi connectivity index (χ1) is 13.0. The third-order valence-electron chi connectivity index (χ3n) is 4.43. The average Bonchev–Trinajstić information content (AvgIpc) is 2.90. The number of amides is 3. The van der Waals surface area contributed by atoms with E-state index >= 15 is 0 Å². The summed E-state index contributed by atoms with van der Waals surface area (Å²) in [7, 11) is 0. The maximum absolute atomic E-state index is 12.7. The van der Waals surface area contributed by atoms with Gasteiger partial charge in [0.2, 0.25) is 0 Å². The normalized spacial score (nSPS) is 19.8. The number of carbonyl (C=O) groups is 3. The minimum absolute atomic E-state index is 0.236. The Morgan fingerprint density at radius 3 is 2.54 bits per heavy atom. The van der Waals surface area contributed by atoms with E-state index in [1.54, 1.807) is 24.3 Å². The van der Waals surface area contributed by atoms with Crippen LogP contribution in [0.1, 0.15) is 12.0 Å². The van der Waals surface area contributed by atoms with Crippen molar-refractivity contribution in [2.45, 2.75) is 24.6 Å². The first kappa shape index (κ1) is 19.4. The molecule has 0 spiro atoms. The lowest BCUT2D eigenvalue weighted by atomic mass is 9.92. The van der Waals surface area contributed by atoms with Crippen LogP contribution in [0.15, 0.2) is 30.3 Å². The molecule has 1 aliphatic rings. The number of nitrogens with two attached hydrogens (primary N) is 2. The van der Waals surface area contributed by atoms with E-state index in [0.717, 1.165) is 5.39 Å². The number of benzene rings is 1. The molecule has 0 saturated carbocycles. The van der Waals surface area contributed by atoms with Crippen LogP contribution in [0.4, 0.5) is 23.8 Å². The van der Waals surface area contributed by atoms with Crippen LogP contribution in [0.5, 0.6) is 0 Å². The number of primary amides is 1. The zero-order chi connectivity index (χ0) is 20.7. The summed E-state index contributed by atoms with van der Waals surface area (Å²) in [5.41, 5.74) is 9.35. The molecular formula is C17H15F3N4O4. The van der Waals surface area contributed by atoms with Gasteiger partial charge >= 0.3 is 18.2 Å². The number of fused-ring (bicyclic) bond motifs is 1. The van der Waals surface area contributed by atoms with E-state index in [-0.39, 0.29) is 25.2 Å². The monoisotopic (exact) mass is 396 g/mol. The summed E-state index contributed by atoms with van der Waals surface area (Å²) in [6, 6.07) is 6.87. The molecule has 148 valence electrons. The molecule has 1 aromatic carbocycles. The molecule has 2 aromatic rings. The van der Waals surface area contributed by atoms with Crippen LogP contribution in [0.2, 0.25) is 0 Å². The zero-order valence-corrected chi connectivity index (χ0v) is 14.3. The molecule has 4 N–H and O–H groups in total. The molecule has 0 bridgehead atoms. The van der Waals surface area contributed by atoms with Crippen molar-refractivity contribution >= 4 is 34.6 Å². The predicted octanol–water partition coefficient (Wildman–Crippen LogP) is 1.51. The highest BCUT2D eigenvalue weighted by Gasteiger charge is 2.55. The predicted molar refractivity (Wildman–Crippen MR) is 90.7 cm³/mol. The van der Waals surface area contributed by atoms with Crippen LogP contribution in [-0.2, 0) is 20.7 Å². The van der Waals surface area contributed by atoms with Gasteiger partial charge in [-0.25, -0.2) is 14.6 Å². The number of pyridine rings is 1. The summed E-state index contributed by atoms with van der Waals surface area (Å²) < 4.78 is 42.8. The molecule has 2 heterocycles. The molecule has 0 unspecified atom stereocenters. The number of aromatic nitrogens is 1. The van der Waals surface area contributed by atoms with Crippen molar-refractivity contribution in [1.29, 1.82) is 0 Å². The Labute approximate surface area is 156 Å². The van der Waals surface area contributed by atoms with Gasteiger partial charge in [0.1, 0.15) is 5.82 Å². The number of esters is 1. The van der Waals surface area contributed by atoms with Crippen molar-refractivity contribution in [3.05, 3.63) is 35.9 Å². The summed E-state index contributed by atoms with van der Waals surface area (Å²) in [5.74, 6) is -3.38. The molecule has 1 saturated heterocycles. The van der Waals surface area contributed by atoms with Crippen LogP contribution in [0.3, 0.4) is 0 Å². The Kier molecular flexibility index (Phi) is 4.61. The molecule has 0 aliphatic carbocycles. The minimum Gasteiger partial charge on any atom is -0.442 e. The fraction of sp³-hybridized carbons (Fsp3) is 0.294. The van der Waals surface area contributed by atoms with Gasteiger partial charge in [0, 0.05) is 24.8 Å². The second-order valence-corrected chi connectivity index (χ2v) is 6.37. The molecule has 3 amide bonds. The average molecular weight is 396 g/mol. The Hall–Kier alpha value is -3.37. The smallest absolute Gasteiger partial charge is 0.442 e. The number of carbonyl (C=O) groups excluding carboxylic acids is 3. The standard InChI is InChI=1S/C17H15F3N4O4/c18-17(19,20)14(26)28-16(5-6-24(13(16)25)15(22)27)8-9-1-2-10-3-4-12(21)23-11(10)7-9/h1-4,7H,5-6,8H2,(H2,21,23)(H2,22,27)/t16-/m1/s1. The summed E-state index contributed by atoms with van der Waals surface area (Å²) in [6.45, 7) is -0.266. The van der Waals surface area contributed by atoms with Crippen LogP contribution < -0.4 is 11.5 Å². The number of hydrogen-bond acceptors (Lipinski definition) is 6. The molecule has 1 atom stereocenters. The number of urea groups is 1. The van der Waals surface area contributed by atoms with E-state index < -0.39 is 29.7 Å². The number of halogens is 3. The van der Waals surface area contributed by atoms with Gasteiger partial charge in [-0.1, -0.05) is 12.1 Å². The van der Waals surface area contributed by atoms with Crippen molar-refractivity contribution in [1.82, 2.24) is 9.88 Å². The molecule has 8 nitrogen and oxygen atoms in total. The van der Waals surface area contributed by atoms with Crippen LogP contribution >= 0.6 is 0 Å². The molecule has 1 aromatic heterocycles.